The lowest BCUT2D eigenvalue weighted by Crippen LogP contribution is -2.43. The largest absolute Gasteiger partial charge is 0.379 e. The average Bonchev–Trinajstić information content (AvgIpc) is 3.13. The summed E-state index contributed by atoms with van der Waals surface area (Å²) in [5, 5.41) is 2.09. The lowest BCUT2D eigenvalue weighted by Gasteiger charge is -2.29. The number of amides is 1. The molecule has 1 aliphatic rings. The first-order valence-corrected chi connectivity index (χ1v) is 11.5. The van der Waals surface area contributed by atoms with Crippen LogP contribution >= 0.6 is 46.1 Å². The van der Waals surface area contributed by atoms with Crippen molar-refractivity contribution in [2.24, 2.45) is 0 Å². The topological polar surface area (TPSA) is 45.7 Å². The van der Waals surface area contributed by atoms with Gasteiger partial charge in [0.1, 0.15) is 0 Å². The first-order chi connectivity index (χ1) is 14.4. The number of ether oxygens (including phenoxy) is 1. The molecule has 0 bridgehead atoms. The first kappa shape index (κ1) is 21.8. The van der Waals surface area contributed by atoms with Gasteiger partial charge in [-0.15, -0.1) is 0 Å². The summed E-state index contributed by atoms with van der Waals surface area (Å²) >= 11 is 20.0. The molecule has 5 nitrogen and oxygen atoms in total. The summed E-state index contributed by atoms with van der Waals surface area (Å²) in [6.07, 6.45) is 0. The van der Waals surface area contributed by atoms with Crippen molar-refractivity contribution in [2.45, 2.75) is 6.92 Å². The van der Waals surface area contributed by atoms with Crippen molar-refractivity contribution in [3.05, 3.63) is 56.5 Å². The van der Waals surface area contributed by atoms with E-state index >= 15 is 0 Å². The molecule has 30 heavy (non-hydrogen) atoms. The van der Waals surface area contributed by atoms with Gasteiger partial charge >= 0.3 is 0 Å². The summed E-state index contributed by atoms with van der Waals surface area (Å²) in [6.45, 7) is 6.27. The molecule has 0 aliphatic carbocycles. The number of carbonyl (C=O) groups excluding carboxylic acids is 1. The highest BCUT2D eigenvalue weighted by atomic mass is 35.5. The predicted octanol–water partition coefficient (Wildman–Crippen LogP) is 5.54. The van der Waals surface area contributed by atoms with E-state index in [1.54, 1.807) is 23.1 Å². The lowest BCUT2D eigenvalue weighted by molar-refractivity contribution is 0.0391. The molecule has 0 saturated carbocycles. The van der Waals surface area contributed by atoms with E-state index in [0.717, 1.165) is 35.4 Å². The van der Waals surface area contributed by atoms with E-state index in [1.165, 1.54) is 11.3 Å². The van der Waals surface area contributed by atoms with Crippen molar-refractivity contribution >= 4 is 67.4 Å². The number of benzene rings is 2. The number of aromatic nitrogens is 1. The molecule has 1 aromatic heterocycles. The fraction of sp³-hybridized carbons (Fsp3) is 0.333. The summed E-state index contributed by atoms with van der Waals surface area (Å²) in [7, 11) is 0. The molecule has 1 aliphatic heterocycles. The molecule has 0 N–H and O–H groups in total. The van der Waals surface area contributed by atoms with Crippen LogP contribution in [0.2, 0.25) is 15.1 Å². The van der Waals surface area contributed by atoms with Gasteiger partial charge in [-0.3, -0.25) is 14.6 Å². The Labute approximate surface area is 194 Å². The second kappa shape index (κ2) is 9.39. The van der Waals surface area contributed by atoms with Gasteiger partial charge in [0.2, 0.25) is 0 Å². The van der Waals surface area contributed by atoms with Gasteiger partial charge in [-0.2, -0.15) is 0 Å². The van der Waals surface area contributed by atoms with Gasteiger partial charge in [0.15, 0.2) is 5.13 Å². The Hall–Kier alpha value is -1.41. The van der Waals surface area contributed by atoms with Gasteiger partial charge in [0.05, 0.1) is 34.0 Å². The van der Waals surface area contributed by atoms with Gasteiger partial charge < -0.3 is 4.74 Å². The van der Waals surface area contributed by atoms with Crippen LogP contribution in [0.3, 0.4) is 0 Å². The maximum Gasteiger partial charge on any atom is 0.261 e. The smallest absolute Gasteiger partial charge is 0.261 e. The number of morpholine rings is 1. The number of anilines is 1. The van der Waals surface area contributed by atoms with Crippen LogP contribution in [-0.2, 0) is 4.74 Å². The van der Waals surface area contributed by atoms with Crippen molar-refractivity contribution in [3.8, 4) is 0 Å². The van der Waals surface area contributed by atoms with Crippen molar-refractivity contribution in [3.63, 3.8) is 0 Å². The van der Waals surface area contributed by atoms with Crippen LogP contribution in [0.15, 0.2) is 30.3 Å². The van der Waals surface area contributed by atoms with Crippen molar-refractivity contribution in [1.82, 2.24) is 9.88 Å². The van der Waals surface area contributed by atoms with E-state index in [9.17, 15) is 4.79 Å². The molecule has 9 heteroatoms. The fourth-order valence-electron chi connectivity index (χ4n) is 3.42. The normalized spacial score (nSPS) is 14.9. The van der Waals surface area contributed by atoms with Gasteiger partial charge in [0, 0.05) is 36.2 Å². The van der Waals surface area contributed by atoms with Crippen LogP contribution in [0.25, 0.3) is 10.2 Å². The lowest BCUT2D eigenvalue weighted by atomic mass is 10.2. The Balaban J connectivity index is 1.69. The van der Waals surface area contributed by atoms with Crippen LogP contribution < -0.4 is 4.90 Å². The number of halogens is 3. The number of aryl methyl sites for hydroxylation is 1. The third kappa shape index (κ3) is 4.74. The fourth-order valence-corrected chi connectivity index (χ4v) is 5.35. The third-order valence-electron chi connectivity index (χ3n) is 5.02. The molecule has 3 aromatic rings. The van der Waals surface area contributed by atoms with E-state index < -0.39 is 0 Å². The summed E-state index contributed by atoms with van der Waals surface area (Å²) in [4.78, 5) is 22.2. The Morgan fingerprint density at radius 2 is 1.93 bits per heavy atom. The van der Waals surface area contributed by atoms with Gasteiger partial charge in [-0.05, 0) is 42.8 Å². The molecule has 4 rings (SSSR count). The first-order valence-electron chi connectivity index (χ1n) is 9.56. The molecule has 2 aromatic carbocycles. The minimum atomic E-state index is -0.201. The van der Waals surface area contributed by atoms with Crippen LogP contribution in [-0.4, -0.2) is 55.2 Å². The molecule has 1 saturated heterocycles. The highest BCUT2D eigenvalue weighted by molar-refractivity contribution is 7.22. The minimum Gasteiger partial charge on any atom is -0.379 e. The number of thiazole rings is 1. The summed E-state index contributed by atoms with van der Waals surface area (Å²) in [5.74, 6) is -0.201. The number of hydrogen-bond acceptors (Lipinski definition) is 5. The zero-order valence-electron chi connectivity index (χ0n) is 16.3. The standard InChI is InChI=1S/C21H20Cl3N3O2S/c1-13-10-15(23)12-18-19(13)25-21(30-18)27(5-4-26-6-8-29-9-7-26)20(28)16-3-2-14(22)11-17(16)24/h2-3,10-12H,4-9H2,1H3. The van der Waals surface area contributed by atoms with Gasteiger partial charge in [-0.1, -0.05) is 46.1 Å². The molecular formula is C21H20Cl3N3O2S. The number of fused-ring (bicyclic) bond motifs is 1. The Morgan fingerprint density at radius 1 is 1.17 bits per heavy atom. The summed E-state index contributed by atoms with van der Waals surface area (Å²) in [6, 6.07) is 8.67. The number of carbonyl (C=O) groups is 1. The predicted molar refractivity (Wildman–Crippen MR) is 125 cm³/mol. The van der Waals surface area contributed by atoms with E-state index in [1.807, 2.05) is 19.1 Å². The maximum atomic E-state index is 13.5. The van der Waals surface area contributed by atoms with E-state index in [4.69, 9.17) is 44.5 Å². The molecule has 1 amide bonds. The van der Waals surface area contributed by atoms with Crippen molar-refractivity contribution in [2.75, 3.05) is 44.3 Å². The molecule has 158 valence electrons. The number of hydrogen-bond donors (Lipinski definition) is 0. The molecule has 0 spiro atoms. The second-order valence-electron chi connectivity index (χ2n) is 7.10. The van der Waals surface area contributed by atoms with E-state index in [2.05, 4.69) is 4.90 Å². The van der Waals surface area contributed by atoms with Crippen LogP contribution in [0, 0.1) is 6.92 Å². The van der Waals surface area contributed by atoms with Gasteiger partial charge in [0.25, 0.3) is 5.91 Å². The molecule has 0 radical (unpaired) electrons. The second-order valence-corrected chi connectivity index (χ2v) is 9.39. The Kier molecular flexibility index (Phi) is 6.82. The van der Waals surface area contributed by atoms with Crippen LogP contribution in [0.5, 0.6) is 0 Å². The SMILES string of the molecule is Cc1cc(Cl)cc2sc(N(CCN3CCOCC3)C(=O)c3ccc(Cl)cc3Cl)nc12. The van der Waals surface area contributed by atoms with Crippen molar-refractivity contribution < 1.29 is 9.53 Å². The van der Waals surface area contributed by atoms with Crippen LogP contribution in [0.4, 0.5) is 5.13 Å². The minimum absolute atomic E-state index is 0.201. The average molecular weight is 485 g/mol. The number of nitrogens with zero attached hydrogens (tertiary/aromatic N) is 3. The zero-order chi connectivity index (χ0) is 21.3. The Morgan fingerprint density at radius 3 is 2.67 bits per heavy atom. The summed E-state index contributed by atoms with van der Waals surface area (Å²) in [5.41, 5.74) is 2.23. The molecule has 1 fully saturated rings. The van der Waals surface area contributed by atoms with E-state index in [0.29, 0.717) is 45.5 Å². The third-order valence-corrected chi connectivity index (χ3v) is 6.81. The number of rotatable bonds is 5. The molecule has 2 heterocycles. The highest BCUT2D eigenvalue weighted by Gasteiger charge is 2.25. The maximum absolute atomic E-state index is 13.5. The molecule has 0 atom stereocenters. The highest BCUT2D eigenvalue weighted by Crippen LogP contribution is 2.34. The zero-order valence-corrected chi connectivity index (χ0v) is 19.4. The summed E-state index contributed by atoms with van der Waals surface area (Å²) < 4.78 is 6.37. The quantitative estimate of drug-likeness (QED) is 0.477. The molecule has 0 unspecified atom stereocenters. The monoisotopic (exact) mass is 483 g/mol. The van der Waals surface area contributed by atoms with Crippen molar-refractivity contribution in [1.29, 1.82) is 0 Å². The Bertz CT molecular complexity index is 1080. The van der Waals surface area contributed by atoms with Gasteiger partial charge in [-0.25, -0.2) is 4.98 Å². The van der Waals surface area contributed by atoms with E-state index in [-0.39, 0.29) is 5.91 Å². The van der Waals surface area contributed by atoms with Crippen LogP contribution in [0.1, 0.15) is 15.9 Å². The molecular weight excluding hydrogens is 465 g/mol.